The molecule has 1 aliphatic rings. The number of aliphatic hydroxyl groups excluding tert-OH is 1. The summed E-state index contributed by atoms with van der Waals surface area (Å²) in [7, 11) is 0. The number of imide groups is 1. The highest BCUT2D eigenvalue weighted by atomic mass is 19.1. The average Bonchev–Trinajstić information content (AvgIpc) is 3.96. The molecule has 4 rings (SSSR count). The highest BCUT2D eigenvalue weighted by Crippen LogP contribution is 2.39. The topological polar surface area (TPSA) is 275 Å². The lowest BCUT2D eigenvalue weighted by atomic mass is 9.84. The fourth-order valence-corrected chi connectivity index (χ4v) is 8.39. The molecule has 0 saturated carbocycles. The number of hydrogen-bond acceptors (Lipinski definition) is 14. The van der Waals surface area contributed by atoms with Crippen LogP contribution in [0.3, 0.4) is 0 Å². The number of carbonyl (C=O) groups is 7. The Bertz CT molecular complexity index is 2420. The number of benzene rings is 2. The summed E-state index contributed by atoms with van der Waals surface area (Å²) in [6, 6.07) is 9.84. The van der Waals surface area contributed by atoms with Crippen molar-refractivity contribution in [3.05, 3.63) is 89.9 Å². The number of imidazole rings is 1. The first-order chi connectivity index (χ1) is 37.3. The van der Waals surface area contributed by atoms with E-state index in [1.807, 2.05) is 51.1 Å². The van der Waals surface area contributed by atoms with Gasteiger partial charge in [-0.2, -0.15) is 0 Å². The van der Waals surface area contributed by atoms with Crippen molar-refractivity contribution in [3.8, 4) is 11.3 Å². The van der Waals surface area contributed by atoms with Crippen molar-refractivity contribution in [2.75, 3.05) is 92.2 Å². The van der Waals surface area contributed by atoms with Gasteiger partial charge in [0, 0.05) is 69.5 Å². The molecule has 0 bridgehead atoms. The molecular weight excluding hydrogens is 1020 g/mol. The van der Waals surface area contributed by atoms with Crippen LogP contribution in [0.5, 0.6) is 0 Å². The third-order valence-electron chi connectivity index (χ3n) is 12.4. The van der Waals surface area contributed by atoms with E-state index in [0.717, 1.165) is 28.7 Å². The van der Waals surface area contributed by atoms with Gasteiger partial charge in [-0.1, -0.05) is 65.0 Å². The molecule has 23 heteroatoms. The molecule has 2 aromatic carbocycles. The smallest absolute Gasteiger partial charge is 0.253 e. The van der Waals surface area contributed by atoms with Crippen molar-refractivity contribution >= 4 is 41.4 Å². The van der Waals surface area contributed by atoms with Gasteiger partial charge in [-0.25, -0.2) is 13.8 Å². The SMILES string of the molecule is CC(C)[C@H](NC(=O)CCOCCOCCOCCOCCNC(=O)CCN1C(=O)C=CC1=O)C(=O)N[C@@H](CCCCN)C(=O)NCCCN(C(=O)CO)[C@@H](c1nc(-c2cc(F)ccc2F)cn1Cc1ccccc1)C(C)(C)C. The Balaban J connectivity index is 1.21. The van der Waals surface area contributed by atoms with Gasteiger partial charge in [0.2, 0.25) is 29.5 Å². The summed E-state index contributed by atoms with van der Waals surface area (Å²) in [5.74, 6) is -4.49. The van der Waals surface area contributed by atoms with Crippen LogP contribution in [0.15, 0.2) is 66.9 Å². The van der Waals surface area contributed by atoms with Crippen molar-refractivity contribution in [1.29, 1.82) is 0 Å². The zero-order chi connectivity index (χ0) is 57.0. The van der Waals surface area contributed by atoms with Crippen LogP contribution >= 0.6 is 0 Å². The van der Waals surface area contributed by atoms with Gasteiger partial charge in [0.25, 0.3) is 11.8 Å². The summed E-state index contributed by atoms with van der Waals surface area (Å²) in [6.45, 7) is 11.5. The van der Waals surface area contributed by atoms with E-state index in [4.69, 9.17) is 29.7 Å². The lowest BCUT2D eigenvalue weighted by molar-refractivity contribution is -0.140. The number of amides is 7. The Morgan fingerprint density at radius 1 is 0.769 bits per heavy atom. The average molecular weight is 1100 g/mol. The number of unbranched alkanes of at least 4 members (excludes halogenated alkanes) is 1. The van der Waals surface area contributed by atoms with Gasteiger partial charge in [0.05, 0.1) is 64.6 Å². The number of halogens is 2. The minimum absolute atomic E-state index is 0.00145. The summed E-state index contributed by atoms with van der Waals surface area (Å²) >= 11 is 0. The third kappa shape index (κ3) is 21.7. The molecule has 0 fully saturated rings. The number of nitrogens with zero attached hydrogens (tertiary/aromatic N) is 4. The molecule has 7 amide bonds. The van der Waals surface area contributed by atoms with Crippen molar-refractivity contribution < 1.29 is 66.4 Å². The molecule has 430 valence electrons. The molecule has 0 spiro atoms. The number of ether oxygens (including phenoxy) is 4. The van der Waals surface area contributed by atoms with Crippen molar-refractivity contribution in [3.63, 3.8) is 0 Å². The van der Waals surface area contributed by atoms with Gasteiger partial charge >= 0.3 is 0 Å². The third-order valence-corrected chi connectivity index (χ3v) is 12.4. The molecule has 7 N–H and O–H groups in total. The molecule has 21 nitrogen and oxygen atoms in total. The number of carbonyl (C=O) groups excluding carboxylic acids is 7. The Morgan fingerprint density at radius 3 is 2.03 bits per heavy atom. The monoisotopic (exact) mass is 1100 g/mol. The molecule has 2 heterocycles. The Labute approximate surface area is 455 Å². The van der Waals surface area contributed by atoms with Gasteiger partial charge in [-0.3, -0.25) is 38.5 Å². The lowest BCUT2D eigenvalue weighted by Crippen LogP contribution is -2.55. The van der Waals surface area contributed by atoms with E-state index in [0.29, 0.717) is 58.2 Å². The van der Waals surface area contributed by atoms with E-state index < -0.39 is 77.2 Å². The van der Waals surface area contributed by atoms with Crippen molar-refractivity contribution in [2.45, 2.75) is 97.8 Å². The second-order valence-corrected chi connectivity index (χ2v) is 20.0. The van der Waals surface area contributed by atoms with E-state index in [1.54, 1.807) is 24.6 Å². The maximum absolute atomic E-state index is 15.2. The number of nitrogens with one attached hydrogen (secondary N) is 4. The largest absolute Gasteiger partial charge is 0.387 e. The Morgan fingerprint density at radius 2 is 1.41 bits per heavy atom. The van der Waals surface area contributed by atoms with Crippen LogP contribution in [0.2, 0.25) is 0 Å². The van der Waals surface area contributed by atoms with E-state index >= 15 is 4.39 Å². The molecule has 1 aliphatic heterocycles. The van der Waals surface area contributed by atoms with Gasteiger partial charge in [-0.05, 0) is 67.3 Å². The normalized spacial score (nSPS) is 13.6. The summed E-state index contributed by atoms with van der Waals surface area (Å²) < 4.78 is 53.4. The molecule has 0 radical (unpaired) electrons. The highest BCUT2D eigenvalue weighted by molar-refractivity contribution is 6.13. The minimum atomic E-state index is -0.972. The quantitative estimate of drug-likeness (QED) is 0.0358. The van der Waals surface area contributed by atoms with Gasteiger partial charge in [0.1, 0.15) is 36.1 Å². The standard InChI is InChI=1S/C55H79F2N9O12/c1-38(2)50(63-46(69)20-26-75-28-30-77-32-33-78-31-29-76-27-23-59-45(68)19-25-65-47(70)17-18-48(65)71)54(74)62-43(14-9-10-21-58)53(73)60-22-11-24-66(49(72)37-67)51(55(3,4)5)52-61-44(41-34-40(56)15-16-42(41)57)36-64(52)35-39-12-7-6-8-13-39/h6-8,12-13,15-18,34,36,38,43,50-51,67H,9-11,14,19-33,35,37,58H2,1-5H3,(H,59,68)(H,60,73)(H,62,74)(H,63,69)/t43-,50-,51-/m0/s1. The van der Waals surface area contributed by atoms with Crippen LogP contribution < -0.4 is 27.0 Å². The summed E-state index contributed by atoms with van der Waals surface area (Å²) in [5, 5.41) is 21.4. The van der Waals surface area contributed by atoms with Crippen LogP contribution in [0.4, 0.5) is 8.78 Å². The first kappa shape index (κ1) is 64.0. The van der Waals surface area contributed by atoms with E-state index in [1.165, 1.54) is 17.1 Å². The van der Waals surface area contributed by atoms with Crippen LogP contribution in [0, 0.1) is 23.0 Å². The number of aromatic nitrogens is 2. The van der Waals surface area contributed by atoms with E-state index in [2.05, 4.69) is 21.3 Å². The first-order valence-electron chi connectivity index (χ1n) is 26.5. The van der Waals surface area contributed by atoms with Gasteiger partial charge < -0.3 is 60.5 Å². The molecule has 3 aromatic rings. The zero-order valence-corrected chi connectivity index (χ0v) is 45.6. The predicted octanol–water partition coefficient (Wildman–Crippen LogP) is 2.93. The number of rotatable bonds is 37. The van der Waals surface area contributed by atoms with Crippen LogP contribution in [0.1, 0.15) is 90.6 Å². The highest BCUT2D eigenvalue weighted by Gasteiger charge is 2.38. The summed E-state index contributed by atoms with van der Waals surface area (Å²) in [4.78, 5) is 96.5. The Kier molecular flexibility index (Phi) is 27.7. The molecule has 1 aromatic heterocycles. The summed E-state index contributed by atoms with van der Waals surface area (Å²) in [5.41, 5.74) is 6.05. The van der Waals surface area contributed by atoms with Gasteiger partial charge in [0.15, 0.2) is 0 Å². The first-order valence-corrected chi connectivity index (χ1v) is 26.5. The van der Waals surface area contributed by atoms with E-state index in [-0.39, 0.29) is 101 Å². The second kappa shape index (κ2) is 33.7. The molecule has 0 saturated heterocycles. The zero-order valence-electron chi connectivity index (χ0n) is 45.6. The lowest BCUT2D eigenvalue weighted by Gasteiger charge is -2.40. The number of nitrogens with two attached hydrogens (primary N) is 1. The van der Waals surface area contributed by atoms with Crippen molar-refractivity contribution in [2.24, 2.45) is 17.1 Å². The van der Waals surface area contributed by atoms with Gasteiger partial charge in [-0.15, -0.1) is 0 Å². The van der Waals surface area contributed by atoms with Crippen LogP contribution in [-0.2, 0) is 59.1 Å². The maximum atomic E-state index is 15.2. The minimum Gasteiger partial charge on any atom is -0.387 e. The van der Waals surface area contributed by atoms with Crippen LogP contribution in [-0.4, -0.2) is 170 Å². The fourth-order valence-electron chi connectivity index (χ4n) is 8.39. The predicted molar refractivity (Wildman–Crippen MR) is 285 cm³/mol. The second-order valence-electron chi connectivity index (χ2n) is 20.0. The maximum Gasteiger partial charge on any atom is 0.253 e. The molecular formula is C55H79F2N9O12. The van der Waals surface area contributed by atoms with E-state index in [9.17, 15) is 43.1 Å². The summed E-state index contributed by atoms with van der Waals surface area (Å²) in [6.07, 6.45) is 5.55. The molecule has 78 heavy (non-hydrogen) atoms. The molecule has 0 aliphatic carbocycles. The molecule has 0 unspecified atom stereocenters. The number of hydrogen-bond donors (Lipinski definition) is 6. The number of aliphatic hydroxyl groups is 1. The van der Waals surface area contributed by atoms with Crippen molar-refractivity contribution in [1.82, 2.24) is 40.6 Å². The van der Waals surface area contributed by atoms with Crippen LogP contribution in [0.25, 0.3) is 11.3 Å². The fraction of sp³-hybridized carbons (Fsp3) is 0.564. The Hall–Kier alpha value is -6.50. The molecule has 3 atom stereocenters.